The Balaban J connectivity index is 2.51. The lowest BCUT2D eigenvalue weighted by Crippen LogP contribution is -2.18. The molecule has 0 radical (unpaired) electrons. The number of aryl methyl sites for hydroxylation is 1. The van der Waals surface area contributed by atoms with Crippen molar-refractivity contribution in [2.75, 3.05) is 19.8 Å². The third-order valence-electron chi connectivity index (χ3n) is 2.12. The molecular formula is C13H14F3NO2. The molecule has 0 atom stereocenters. The first-order valence-corrected chi connectivity index (χ1v) is 5.55. The second kappa shape index (κ2) is 7.02. The fraction of sp³-hybridized carbons (Fsp3) is 0.385. The topological polar surface area (TPSA) is 44.5 Å². The quantitative estimate of drug-likeness (QED) is 0.676. The lowest BCUT2D eigenvalue weighted by atomic mass is 10.1. The van der Waals surface area contributed by atoms with Gasteiger partial charge in [-0.2, -0.15) is 0 Å². The van der Waals surface area contributed by atoms with Crippen LogP contribution >= 0.6 is 0 Å². The first-order chi connectivity index (χ1) is 8.92. The molecule has 0 aliphatic rings. The van der Waals surface area contributed by atoms with Crippen LogP contribution in [0.15, 0.2) is 18.2 Å². The zero-order valence-corrected chi connectivity index (χ0v) is 10.4. The van der Waals surface area contributed by atoms with E-state index in [0.717, 1.165) is 11.1 Å². The maximum atomic E-state index is 11.7. The number of hydrogen-bond acceptors (Lipinski definition) is 3. The molecule has 0 heterocycles. The number of alkyl halides is 3. The summed E-state index contributed by atoms with van der Waals surface area (Å²) in [5, 5.41) is 0. The average molecular weight is 273 g/mol. The van der Waals surface area contributed by atoms with E-state index in [1.165, 1.54) is 0 Å². The molecule has 0 unspecified atom stereocenters. The zero-order chi connectivity index (χ0) is 14.3. The van der Waals surface area contributed by atoms with Crippen molar-refractivity contribution >= 4 is 0 Å². The minimum atomic E-state index is -4.62. The molecule has 0 amide bonds. The molecule has 0 fully saturated rings. The van der Waals surface area contributed by atoms with Crippen LogP contribution < -0.4 is 10.5 Å². The maximum absolute atomic E-state index is 11.7. The van der Waals surface area contributed by atoms with Crippen LogP contribution in [0.5, 0.6) is 5.75 Å². The maximum Gasteiger partial charge on any atom is 0.522 e. The van der Waals surface area contributed by atoms with Gasteiger partial charge in [-0.1, -0.05) is 11.8 Å². The van der Waals surface area contributed by atoms with Gasteiger partial charge in [-0.25, -0.2) is 0 Å². The smallest absolute Gasteiger partial charge is 0.491 e. The van der Waals surface area contributed by atoms with Gasteiger partial charge in [0.2, 0.25) is 0 Å². The van der Waals surface area contributed by atoms with Gasteiger partial charge in [0, 0.05) is 5.56 Å². The Morgan fingerprint density at radius 1 is 1.26 bits per heavy atom. The summed E-state index contributed by atoms with van der Waals surface area (Å²) in [6.07, 6.45) is -4.62. The van der Waals surface area contributed by atoms with Crippen molar-refractivity contribution in [1.82, 2.24) is 0 Å². The second-order valence-electron chi connectivity index (χ2n) is 3.63. The first-order valence-electron chi connectivity index (χ1n) is 5.55. The van der Waals surface area contributed by atoms with Gasteiger partial charge in [-0.3, -0.25) is 4.74 Å². The highest BCUT2D eigenvalue weighted by Gasteiger charge is 2.28. The number of ether oxygens (including phenoxy) is 2. The highest BCUT2D eigenvalue weighted by Crippen LogP contribution is 2.19. The van der Waals surface area contributed by atoms with Gasteiger partial charge in [0.1, 0.15) is 12.4 Å². The summed E-state index contributed by atoms with van der Waals surface area (Å²) in [5.74, 6) is 6.07. The van der Waals surface area contributed by atoms with Crippen LogP contribution in [-0.4, -0.2) is 26.1 Å². The summed E-state index contributed by atoms with van der Waals surface area (Å²) in [7, 11) is 0. The number of benzene rings is 1. The molecule has 2 N–H and O–H groups in total. The molecular weight excluding hydrogens is 259 g/mol. The molecule has 1 aromatic rings. The molecule has 0 aromatic heterocycles. The predicted octanol–water partition coefficient (Wildman–Crippen LogP) is 2.22. The van der Waals surface area contributed by atoms with Crippen molar-refractivity contribution < 1.29 is 22.6 Å². The monoisotopic (exact) mass is 273 g/mol. The van der Waals surface area contributed by atoms with Crippen LogP contribution in [0.3, 0.4) is 0 Å². The molecule has 104 valence electrons. The molecule has 0 saturated carbocycles. The number of rotatable bonds is 4. The molecule has 6 heteroatoms. The first kappa shape index (κ1) is 15.3. The van der Waals surface area contributed by atoms with E-state index in [0.29, 0.717) is 5.75 Å². The fourth-order valence-electron chi connectivity index (χ4n) is 1.35. The van der Waals surface area contributed by atoms with E-state index in [9.17, 15) is 13.2 Å². The van der Waals surface area contributed by atoms with E-state index in [1.54, 1.807) is 25.1 Å². The molecule has 0 aliphatic heterocycles. The van der Waals surface area contributed by atoms with E-state index in [2.05, 4.69) is 16.6 Å². The van der Waals surface area contributed by atoms with Gasteiger partial charge in [0.25, 0.3) is 0 Å². The number of hydrogen-bond donors (Lipinski definition) is 1. The molecule has 0 spiro atoms. The summed E-state index contributed by atoms with van der Waals surface area (Å²) in [6, 6.07) is 5.15. The Hall–Kier alpha value is -1.71. The Morgan fingerprint density at radius 2 is 2.00 bits per heavy atom. The Morgan fingerprint density at radius 3 is 2.58 bits per heavy atom. The van der Waals surface area contributed by atoms with E-state index in [1.807, 2.05) is 0 Å². The van der Waals surface area contributed by atoms with Crippen molar-refractivity contribution in [2.45, 2.75) is 13.3 Å². The summed E-state index contributed by atoms with van der Waals surface area (Å²) >= 11 is 0. The van der Waals surface area contributed by atoms with E-state index < -0.39 is 13.0 Å². The zero-order valence-electron chi connectivity index (χ0n) is 10.4. The summed E-state index contributed by atoms with van der Waals surface area (Å²) in [4.78, 5) is 0. The van der Waals surface area contributed by atoms with Crippen molar-refractivity contribution in [3.05, 3.63) is 29.3 Å². The summed E-state index contributed by atoms with van der Waals surface area (Å²) in [5.41, 5.74) is 6.82. The van der Waals surface area contributed by atoms with Crippen LogP contribution in [0.25, 0.3) is 0 Å². The second-order valence-corrected chi connectivity index (χ2v) is 3.63. The van der Waals surface area contributed by atoms with Crippen molar-refractivity contribution in [1.29, 1.82) is 0 Å². The van der Waals surface area contributed by atoms with E-state index in [4.69, 9.17) is 10.5 Å². The van der Waals surface area contributed by atoms with Gasteiger partial charge in [-0.15, -0.1) is 13.2 Å². The van der Waals surface area contributed by atoms with Gasteiger partial charge in [-0.05, 0) is 30.7 Å². The molecule has 1 rings (SSSR count). The summed E-state index contributed by atoms with van der Waals surface area (Å²) < 4.78 is 44.0. The normalized spacial score (nSPS) is 10.8. The fourth-order valence-corrected chi connectivity index (χ4v) is 1.35. The molecule has 0 aliphatic carbocycles. The van der Waals surface area contributed by atoms with Crippen molar-refractivity contribution in [3.8, 4) is 17.6 Å². The third-order valence-corrected chi connectivity index (χ3v) is 2.12. The van der Waals surface area contributed by atoms with Crippen LogP contribution in [0.1, 0.15) is 11.1 Å². The highest BCUT2D eigenvalue weighted by molar-refractivity contribution is 5.43. The van der Waals surface area contributed by atoms with Gasteiger partial charge in [0.15, 0.2) is 0 Å². The SMILES string of the molecule is Cc1cc(C#CCN)ccc1OCCOC(F)(F)F. The third kappa shape index (κ3) is 6.13. The minimum Gasteiger partial charge on any atom is -0.491 e. The Bertz CT molecular complexity index is 475. The predicted molar refractivity (Wildman–Crippen MR) is 64.6 cm³/mol. The molecule has 19 heavy (non-hydrogen) atoms. The molecule has 0 bridgehead atoms. The Labute approximate surface area is 109 Å². The van der Waals surface area contributed by atoms with Crippen molar-refractivity contribution in [2.24, 2.45) is 5.73 Å². The summed E-state index contributed by atoms with van der Waals surface area (Å²) in [6.45, 7) is 1.34. The van der Waals surface area contributed by atoms with Crippen LogP contribution in [-0.2, 0) is 4.74 Å². The van der Waals surface area contributed by atoms with Gasteiger partial charge < -0.3 is 10.5 Å². The minimum absolute atomic E-state index is 0.172. The highest BCUT2D eigenvalue weighted by atomic mass is 19.4. The lowest BCUT2D eigenvalue weighted by molar-refractivity contribution is -0.325. The van der Waals surface area contributed by atoms with E-state index >= 15 is 0 Å². The van der Waals surface area contributed by atoms with Gasteiger partial charge in [0.05, 0.1) is 13.2 Å². The Kier molecular flexibility index (Phi) is 5.67. The van der Waals surface area contributed by atoms with Crippen LogP contribution in [0.2, 0.25) is 0 Å². The van der Waals surface area contributed by atoms with E-state index in [-0.39, 0.29) is 13.2 Å². The number of halogens is 3. The van der Waals surface area contributed by atoms with Gasteiger partial charge >= 0.3 is 6.36 Å². The van der Waals surface area contributed by atoms with Crippen LogP contribution in [0.4, 0.5) is 13.2 Å². The molecule has 1 aromatic carbocycles. The van der Waals surface area contributed by atoms with Crippen LogP contribution in [0, 0.1) is 18.8 Å². The largest absolute Gasteiger partial charge is 0.522 e. The standard InChI is InChI=1S/C13H14F3NO2/c1-10-9-11(3-2-6-17)4-5-12(10)18-7-8-19-13(14,15)16/h4-5,9H,6-8,17H2,1H3. The average Bonchev–Trinajstić information content (AvgIpc) is 2.32. The van der Waals surface area contributed by atoms with Crippen molar-refractivity contribution in [3.63, 3.8) is 0 Å². The molecule has 0 saturated heterocycles. The lowest BCUT2D eigenvalue weighted by Gasteiger charge is -2.11. The molecule has 3 nitrogen and oxygen atoms in total. The number of nitrogens with two attached hydrogens (primary N) is 1.